The lowest BCUT2D eigenvalue weighted by Crippen LogP contribution is -1.96. The summed E-state index contributed by atoms with van der Waals surface area (Å²) in [5, 5.41) is 1.30. The van der Waals surface area contributed by atoms with E-state index in [1.807, 2.05) is 36.4 Å². The smallest absolute Gasteiger partial charge is 0.0626 e. The number of benzene rings is 2. The molecule has 0 aliphatic carbocycles. The summed E-state index contributed by atoms with van der Waals surface area (Å²) in [7, 11) is 0. The maximum Gasteiger partial charge on any atom is 0.0626 e. The molecule has 17 heavy (non-hydrogen) atoms. The first-order chi connectivity index (χ1) is 8.16. The number of alkyl halides is 1. The van der Waals surface area contributed by atoms with Crippen LogP contribution in [0.2, 0.25) is 10.0 Å². The number of halogens is 3. The Kier molecular flexibility index (Phi) is 4.33. The van der Waals surface area contributed by atoms with Gasteiger partial charge in [0.25, 0.3) is 0 Å². The monoisotopic (exact) mass is 284 g/mol. The van der Waals surface area contributed by atoms with Gasteiger partial charge in [0.1, 0.15) is 0 Å². The number of rotatable bonds is 3. The normalized spacial score (nSPS) is 12.4. The van der Waals surface area contributed by atoms with Gasteiger partial charge in [-0.05, 0) is 35.7 Å². The molecule has 1 atom stereocenters. The summed E-state index contributed by atoms with van der Waals surface area (Å²) in [6.45, 7) is 0. The highest BCUT2D eigenvalue weighted by molar-refractivity contribution is 6.33. The molecule has 2 aromatic carbocycles. The Hall–Kier alpha value is -0.690. The second-order valence-electron chi connectivity index (χ2n) is 3.82. The zero-order chi connectivity index (χ0) is 12.3. The van der Waals surface area contributed by atoms with Gasteiger partial charge in [0.15, 0.2) is 0 Å². The molecule has 0 aliphatic rings. The highest BCUT2D eigenvalue weighted by Gasteiger charge is 2.11. The van der Waals surface area contributed by atoms with Gasteiger partial charge in [-0.1, -0.05) is 53.5 Å². The molecule has 0 saturated heterocycles. The van der Waals surface area contributed by atoms with Crippen molar-refractivity contribution in [3.8, 4) is 0 Å². The first-order valence-corrected chi connectivity index (χ1v) is 6.49. The molecule has 88 valence electrons. The zero-order valence-corrected chi connectivity index (χ0v) is 11.3. The third-order valence-electron chi connectivity index (χ3n) is 2.57. The number of hydrogen-bond acceptors (Lipinski definition) is 0. The van der Waals surface area contributed by atoms with Gasteiger partial charge in [0.2, 0.25) is 0 Å². The quantitative estimate of drug-likeness (QED) is 0.652. The lowest BCUT2D eigenvalue weighted by Gasteiger charge is -2.11. The van der Waals surface area contributed by atoms with E-state index in [2.05, 4.69) is 0 Å². The van der Waals surface area contributed by atoms with Crippen molar-refractivity contribution < 1.29 is 0 Å². The van der Waals surface area contributed by atoms with Crippen LogP contribution in [0.4, 0.5) is 0 Å². The van der Waals surface area contributed by atoms with Crippen molar-refractivity contribution in [2.24, 2.45) is 0 Å². The summed E-state index contributed by atoms with van der Waals surface area (Å²) in [6, 6.07) is 15.4. The number of hydrogen-bond donors (Lipinski definition) is 0. The highest BCUT2D eigenvalue weighted by atomic mass is 35.5. The van der Waals surface area contributed by atoms with Gasteiger partial charge in [-0.3, -0.25) is 0 Å². The fourth-order valence-corrected chi connectivity index (χ4v) is 2.37. The van der Waals surface area contributed by atoms with Crippen LogP contribution in [0.15, 0.2) is 48.5 Å². The van der Waals surface area contributed by atoms with Crippen LogP contribution < -0.4 is 0 Å². The summed E-state index contributed by atoms with van der Waals surface area (Å²) >= 11 is 18.4. The molecule has 0 N–H and O–H groups in total. The van der Waals surface area contributed by atoms with Crippen LogP contribution >= 0.6 is 34.8 Å². The molecule has 0 radical (unpaired) electrons. The fourth-order valence-electron chi connectivity index (χ4n) is 1.67. The minimum atomic E-state index is -0.0906. The molecular formula is C14H11Cl3. The van der Waals surface area contributed by atoms with E-state index < -0.39 is 0 Å². The summed E-state index contributed by atoms with van der Waals surface area (Å²) in [6.07, 6.45) is 0.672. The van der Waals surface area contributed by atoms with Crippen molar-refractivity contribution in [2.45, 2.75) is 11.8 Å². The standard InChI is InChI=1S/C14H11Cl3/c15-12-6-7-13(16)11(8-12)9-14(17)10-4-2-1-3-5-10/h1-8,14H,9H2. The van der Waals surface area contributed by atoms with Gasteiger partial charge in [-0.15, -0.1) is 11.6 Å². The lowest BCUT2D eigenvalue weighted by atomic mass is 10.0. The average molecular weight is 286 g/mol. The molecule has 2 rings (SSSR count). The largest absolute Gasteiger partial charge is 0.117 e. The van der Waals surface area contributed by atoms with E-state index in [4.69, 9.17) is 34.8 Å². The first kappa shape index (κ1) is 12.8. The van der Waals surface area contributed by atoms with Crippen LogP contribution in [-0.4, -0.2) is 0 Å². The third kappa shape index (κ3) is 3.38. The molecule has 0 heterocycles. The first-order valence-electron chi connectivity index (χ1n) is 5.30. The molecule has 0 spiro atoms. The van der Waals surface area contributed by atoms with Gasteiger partial charge in [-0.25, -0.2) is 0 Å². The lowest BCUT2D eigenvalue weighted by molar-refractivity contribution is 0.920. The average Bonchev–Trinajstić information content (AvgIpc) is 2.35. The maximum atomic E-state index is 6.36. The second kappa shape index (κ2) is 5.77. The summed E-state index contributed by atoms with van der Waals surface area (Å²) in [4.78, 5) is 0. The SMILES string of the molecule is Clc1ccc(Cl)c(CC(Cl)c2ccccc2)c1. The topological polar surface area (TPSA) is 0 Å². The molecule has 0 fully saturated rings. The Labute approximate surface area is 116 Å². The summed E-state index contributed by atoms with van der Waals surface area (Å²) < 4.78 is 0. The van der Waals surface area contributed by atoms with E-state index in [0.29, 0.717) is 16.5 Å². The van der Waals surface area contributed by atoms with E-state index in [9.17, 15) is 0 Å². The Morgan fingerprint density at radius 1 is 0.941 bits per heavy atom. The van der Waals surface area contributed by atoms with Gasteiger partial charge in [0, 0.05) is 10.0 Å². The molecule has 0 bridgehead atoms. The Balaban J connectivity index is 2.18. The van der Waals surface area contributed by atoms with E-state index in [1.165, 1.54) is 0 Å². The van der Waals surface area contributed by atoms with Gasteiger partial charge < -0.3 is 0 Å². The van der Waals surface area contributed by atoms with Gasteiger partial charge in [-0.2, -0.15) is 0 Å². The van der Waals surface area contributed by atoms with E-state index in [1.54, 1.807) is 12.1 Å². The van der Waals surface area contributed by atoms with Crippen LogP contribution in [-0.2, 0) is 6.42 Å². The van der Waals surface area contributed by atoms with E-state index >= 15 is 0 Å². The maximum absolute atomic E-state index is 6.36. The van der Waals surface area contributed by atoms with Crippen LogP contribution in [0.5, 0.6) is 0 Å². The van der Waals surface area contributed by atoms with Crippen molar-refractivity contribution in [2.75, 3.05) is 0 Å². The van der Waals surface area contributed by atoms with Crippen molar-refractivity contribution in [3.63, 3.8) is 0 Å². The minimum Gasteiger partial charge on any atom is -0.117 e. The summed E-state index contributed by atoms with van der Waals surface area (Å²) in [5.41, 5.74) is 2.06. The molecular weight excluding hydrogens is 275 g/mol. The predicted molar refractivity (Wildman–Crippen MR) is 75.2 cm³/mol. The van der Waals surface area contributed by atoms with Crippen molar-refractivity contribution in [3.05, 3.63) is 69.7 Å². The molecule has 3 heteroatoms. The second-order valence-corrected chi connectivity index (χ2v) is 5.19. The summed E-state index contributed by atoms with van der Waals surface area (Å²) in [5.74, 6) is 0. The van der Waals surface area contributed by atoms with Crippen molar-refractivity contribution in [1.29, 1.82) is 0 Å². The minimum absolute atomic E-state index is 0.0906. The Bertz CT molecular complexity index is 494. The molecule has 2 aromatic rings. The Morgan fingerprint density at radius 2 is 1.65 bits per heavy atom. The van der Waals surface area contributed by atoms with Crippen LogP contribution in [0.1, 0.15) is 16.5 Å². The van der Waals surface area contributed by atoms with Gasteiger partial charge in [0.05, 0.1) is 5.38 Å². The molecule has 0 aromatic heterocycles. The zero-order valence-electron chi connectivity index (χ0n) is 9.04. The molecule has 0 amide bonds. The predicted octanol–water partition coefficient (Wildman–Crippen LogP) is 5.52. The molecule has 1 unspecified atom stereocenters. The fraction of sp³-hybridized carbons (Fsp3) is 0.143. The van der Waals surface area contributed by atoms with Crippen LogP contribution in [0.3, 0.4) is 0 Å². The van der Waals surface area contributed by atoms with Crippen molar-refractivity contribution in [1.82, 2.24) is 0 Å². The third-order valence-corrected chi connectivity index (χ3v) is 3.58. The van der Waals surface area contributed by atoms with E-state index in [-0.39, 0.29) is 5.38 Å². The Morgan fingerprint density at radius 3 is 2.35 bits per heavy atom. The molecule has 0 saturated carbocycles. The van der Waals surface area contributed by atoms with Gasteiger partial charge >= 0.3 is 0 Å². The van der Waals surface area contributed by atoms with Crippen LogP contribution in [0, 0.1) is 0 Å². The van der Waals surface area contributed by atoms with E-state index in [0.717, 1.165) is 11.1 Å². The molecule has 0 nitrogen and oxygen atoms in total. The molecule has 0 aliphatic heterocycles. The highest BCUT2D eigenvalue weighted by Crippen LogP contribution is 2.29. The van der Waals surface area contributed by atoms with Crippen molar-refractivity contribution >= 4 is 34.8 Å². The van der Waals surface area contributed by atoms with Crippen LogP contribution in [0.25, 0.3) is 0 Å².